The molecule has 136 valence electrons. The van der Waals surface area contributed by atoms with Crippen molar-refractivity contribution in [2.75, 3.05) is 25.6 Å². The largest absolute Gasteiger partial charge is 0.383 e. The molecule has 4 bridgehead atoms. The first kappa shape index (κ1) is 17.2. The van der Waals surface area contributed by atoms with E-state index in [9.17, 15) is 4.79 Å². The maximum Gasteiger partial charge on any atom is 0.319 e. The molecule has 0 radical (unpaired) electrons. The van der Waals surface area contributed by atoms with Gasteiger partial charge in [-0.25, -0.2) is 4.79 Å². The van der Waals surface area contributed by atoms with Crippen LogP contribution in [0.3, 0.4) is 0 Å². The van der Waals surface area contributed by atoms with Crippen LogP contribution in [0.1, 0.15) is 44.1 Å². The Kier molecular flexibility index (Phi) is 4.67. The summed E-state index contributed by atoms with van der Waals surface area (Å²) in [4.78, 5) is 11.9. The molecule has 0 heterocycles. The molecule has 0 atom stereocenters. The summed E-state index contributed by atoms with van der Waals surface area (Å²) < 4.78 is 4.93. The molecule has 0 unspecified atom stereocenters. The maximum atomic E-state index is 11.9. The summed E-state index contributed by atoms with van der Waals surface area (Å²) in [6.45, 7) is 0.970. The molecule has 4 aliphatic rings. The van der Waals surface area contributed by atoms with E-state index in [-0.39, 0.29) is 6.03 Å². The fourth-order valence-corrected chi connectivity index (χ4v) is 6.07. The Bertz CT molecular complexity index is 626. The van der Waals surface area contributed by atoms with Gasteiger partial charge in [0.25, 0.3) is 0 Å². The van der Waals surface area contributed by atoms with Gasteiger partial charge >= 0.3 is 6.03 Å². The highest BCUT2D eigenvalue weighted by atomic mass is 35.5. The average molecular weight is 363 g/mol. The lowest BCUT2D eigenvalue weighted by Crippen LogP contribution is -2.48. The molecule has 4 aliphatic carbocycles. The molecule has 2 amide bonds. The highest BCUT2D eigenvalue weighted by Crippen LogP contribution is 2.60. The predicted octanol–water partition coefficient (Wildman–Crippen LogP) is 4.58. The number of ether oxygens (including phenoxy) is 1. The number of methoxy groups -OCH3 is 1. The Labute approximate surface area is 154 Å². The molecular weight excluding hydrogens is 336 g/mol. The van der Waals surface area contributed by atoms with Gasteiger partial charge in [-0.15, -0.1) is 0 Å². The summed E-state index contributed by atoms with van der Waals surface area (Å²) in [6, 6.07) is 6.00. The van der Waals surface area contributed by atoms with Gasteiger partial charge < -0.3 is 15.4 Å². The molecule has 5 rings (SSSR count). The van der Waals surface area contributed by atoms with Crippen LogP contribution < -0.4 is 10.6 Å². The first-order valence-corrected chi connectivity index (χ1v) is 9.79. The maximum absolute atomic E-state index is 11.9. The number of halogens is 1. The van der Waals surface area contributed by atoms with E-state index >= 15 is 0 Å². The quantitative estimate of drug-likeness (QED) is 0.753. The van der Waals surface area contributed by atoms with Crippen molar-refractivity contribution in [3.8, 4) is 0 Å². The molecular formula is C20H27ClN2O2. The number of anilines is 1. The van der Waals surface area contributed by atoms with Gasteiger partial charge in [0.1, 0.15) is 0 Å². The van der Waals surface area contributed by atoms with E-state index in [1.165, 1.54) is 44.1 Å². The minimum atomic E-state index is -0.249. The number of nitrogens with one attached hydrogen (secondary N) is 2. The van der Waals surface area contributed by atoms with Crippen molar-refractivity contribution in [2.24, 2.45) is 17.8 Å². The second kappa shape index (κ2) is 6.81. The van der Waals surface area contributed by atoms with Gasteiger partial charge in [0.2, 0.25) is 0 Å². The SMILES string of the molecule is COCCNC(=O)Nc1ccc(C23CC4CC(CC(C4)C2)C3)cc1Cl. The fraction of sp³-hybridized carbons (Fsp3) is 0.650. The third-order valence-electron chi connectivity index (χ3n) is 6.46. The van der Waals surface area contributed by atoms with Crippen molar-refractivity contribution in [2.45, 2.75) is 43.9 Å². The normalized spacial score (nSPS) is 32.6. The number of urea groups is 1. The number of carbonyl (C=O) groups excluding carboxylic acids is 1. The van der Waals surface area contributed by atoms with E-state index in [1.54, 1.807) is 7.11 Å². The van der Waals surface area contributed by atoms with Crippen LogP contribution in [0.5, 0.6) is 0 Å². The lowest BCUT2D eigenvalue weighted by atomic mass is 9.48. The third-order valence-corrected chi connectivity index (χ3v) is 6.77. The smallest absolute Gasteiger partial charge is 0.319 e. The van der Waals surface area contributed by atoms with E-state index in [2.05, 4.69) is 22.8 Å². The summed E-state index contributed by atoms with van der Waals surface area (Å²) in [5, 5.41) is 6.22. The molecule has 25 heavy (non-hydrogen) atoms. The van der Waals surface area contributed by atoms with Gasteiger partial charge in [-0.2, -0.15) is 0 Å². The van der Waals surface area contributed by atoms with E-state index in [0.29, 0.717) is 29.3 Å². The van der Waals surface area contributed by atoms with Crippen LogP contribution in [0.2, 0.25) is 5.02 Å². The van der Waals surface area contributed by atoms with Gasteiger partial charge in [0.15, 0.2) is 0 Å². The van der Waals surface area contributed by atoms with Crippen molar-refractivity contribution in [1.82, 2.24) is 5.32 Å². The Hall–Kier alpha value is -1.26. The summed E-state index contributed by atoms with van der Waals surface area (Å²) in [5.74, 6) is 2.73. The van der Waals surface area contributed by atoms with Crippen LogP contribution in [-0.4, -0.2) is 26.3 Å². The van der Waals surface area contributed by atoms with Crippen LogP contribution in [0.4, 0.5) is 10.5 Å². The average Bonchev–Trinajstić information content (AvgIpc) is 2.55. The van der Waals surface area contributed by atoms with E-state index < -0.39 is 0 Å². The lowest BCUT2D eigenvalue weighted by molar-refractivity contribution is -0.00517. The molecule has 4 saturated carbocycles. The first-order chi connectivity index (χ1) is 12.1. The van der Waals surface area contributed by atoms with Crippen LogP contribution >= 0.6 is 11.6 Å². The van der Waals surface area contributed by atoms with Gasteiger partial charge in [-0.1, -0.05) is 17.7 Å². The zero-order valence-electron chi connectivity index (χ0n) is 14.8. The summed E-state index contributed by atoms with van der Waals surface area (Å²) in [6.07, 6.45) is 8.27. The Balaban J connectivity index is 1.48. The molecule has 0 saturated heterocycles. The standard InChI is InChI=1S/C20H27ClN2O2/c1-25-5-4-22-19(24)23-18-3-2-16(9-17(18)21)20-10-13-6-14(11-20)8-15(7-13)12-20/h2-3,9,13-15H,4-8,10-12H2,1H3,(H2,22,23,24). The molecule has 0 spiro atoms. The van der Waals surface area contributed by atoms with Crippen molar-refractivity contribution in [3.63, 3.8) is 0 Å². The van der Waals surface area contributed by atoms with Crippen molar-refractivity contribution in [1.29, 1.82) is 0 Å². The first-order valence-electron chi connectivity index (χ1n) is 9.42. The highest BCUT2D eigenvalue weighted by molar-refractivity contribution is 6.33. The zero-order chi connectivity index (χ0) is 17.4. The van der Waals surface area contributed by atoms with E-state index in [4.69, 9.17) is 16.3 Å². The van der Waals surface area contributed by atoms with Gasteiger partial charge in [-0.3, -0.25) is 0 Å². The summed E-state index contributed by atoms with van der Waals surface area (Å²) >= 11 is 6.51. The van der Waals surface area contributed by atoms with Gasteiger partial charge in [-0.05, 0) is 79.4 Å². The number of hydrogen-bond donors (Lipinski definition) is 2. The minimum absolute atomic E-state index is 0.249. The molecule has 4 fully saturated rings. The molecule has 5 heteroatoms. The van der Waals surface area contributed by atoms with Gasteiger partial charge in [0.05, 0.1) is 17.3 Å². The van der Waals surface area contributed by atoms with Crippen molar-refractivity contribution >= 4 is 23.3 Å². The van der Waals surface area contributed by atoms with Crippen LogP contribution in [0, 0.1) is 17.8 Å². The van der Waals surface area contributed by atoms with Crippen molar-refractivity contribution < 1.29 is 9.53 Å². The summed E-state index contributed by atoms with van der Waals surface area (Å²) in [7, 11) is 1.61. The Morgan fingerprint density at radius 1 is 1.20 bits per heavy atom. The second-order valence-corrected chi connectivity index (χ2v) is 8.67. The topological polar surface area (TPSA) is 50.4 Å². The lowest BCUT2D eigenvalue weighted by Gasteiger charge is -2.57. The van der Waals surface area contributed by atoms with E-state index in [0.717, 1.165) is 17.8 Å². The molecule has 0 aliphatic heterocycles. The molecule has 4 nitrogen and oxygen atoms in total. The zero-order valence-corrected chi connectivity index (χ0v) is 15.6. The monoisotopic (exact) mass is 362 g/mol. The second-order valence-electron chi connectivity index (χ2n) is 8.27. The fourth-order valence-electron chi connectivity index (χ4n) is 5.84. The van der Waals surface area contributed by atoms with Gasteiger partial charge in [0, 0.05) is 13.7 Å². The Morgan fingerprint density at radius 3 is 2.40 bits per heavy atom. The molecule has 1 aromatic carbocycles. The number of carbonyl (C=O) groups is 1. The summed E-state index contributed by atoms with van der Waals surface area (Å²) in [5.41, 5.74) is 2.38. The minimum Gasteiger partial charge on any atom is -0.383 e. The van der Waals surface area contributed by atoms with E-state index in [1.807, 2.05) is 6.07 Å². The number of rotatable bonds is 5. The van der Waals surface area contributed by atoms with Crippen LogP contribution in [0.25, 0.3) is 0 Å². The number of hydrogen-bond acceptors (Lipinski definition) is 2. The van der Waals surface area contributed by atoms with Crippen LogP contribution in [0.15, 0.2) is 18.2 Å². The predicted molar refractivity (Wildman–Crippen MR) is 100 cm³/mol. The number of amides is 2. The number of benzene rings is 1. The molecule has 1 aromatic rings. The molecule has 0 aromatic heterocycles. The highest BCUT2D eigenvalue weighted by Gasteiger charge is 2.51. The van der Waals surface area contributed by atoms with Crippen molar-refractivity contribution in [3.05, 3.63) is 28.8 Å². The molecule has 2 N–H and O–H groups in total. The third kappa shape index (κ3) is 3.39. The Morgan fingerprint density at radius 2 is 1.84 bits per heavy atom. The van der Waals surface area contributed by atoms with Crippen LogP contribution in [-0.2, 0) is 10.2 Å².